The third kappa shape index (κ3) is 4.00. The third-order valence-corrected chi connectivity index (χ3v) is 5.21. The molecule has 0 saturated carbocycles. The Morgan fingerprint density at radius 3 is 2.85 bits per heavy atom. The van der Waals surface area contributed by atoms with Crippen LogP contribution in [0.3, 0.4) is 0 Å². The van der Waals surface area contributed by atoms with Crippen LogP contribution in [0.5, 0.6) is 0 Å². The number of pyridine rings is 1. The van der Waals surface area contributed by atoms with Crippen LogP contribution in [0.15, 0.2) is 53.6 Å². The molecule has 6 nitrogen and oxygen atoms in total. The number of carbonyl (C=O) groups is 1. The number of aromatic nitrogens is 3. The maximum atomic E-state index is 12.8. The summed E-state index contributed by atoms with van der Waals surface area (Å²) >= 11 is 1.61. The second-order valence-corrected chi connectivity index (χ2v) is 7.16. The van der Waals surface area contributed by atoms with E-state index in [4.69, 9.17) is 4.74 Å². The van der Waals surface area contributed by atoms with E-state index < -0.39 is 0 Å². The highest BCUT2D eigenvalue weighted by Crippen LogP contribution is 2.17. The first-order chi connectivity index (χ1) is 12.8. The van der Waals surface area contributed by atoms with Crippen LogP contribution < -0.4 is 0 Å². The predicted molar refractivity (Wildman–Crippen MR) is 98.5 cm³/mol. The van der Waals surface area contributed by atoms with Crippen LogP contribution in [-0.2, 0) is 35.6 Å². The number of nitrogens with zero attached hydrogens (tertiary/aromatic N) is 4. The molecular formula is C19H20N4O2S. The molecule has 0 aromatic carbocycles. The second-order valence-electron chi connectivity index (χ2n) is 6.38. The van der Waals surface area contributed by atoms with Crippen molar-refractivity contribution in [3.63, 3.8) is 0 Å². The highest BCUT2D eigenvalue weighted by Gasteiger charge is 2.26. The molecule has 0 bridgehead atoms. The Bertz CT molecular complexity index is 848. The largest absolute Gasteiger partial charge is 0.370 e. The third-order valence-electron chi connectivity index (χ3n) is 4.48. The molecule has 1 aliphatic rings. The Labute approximate surface area is 156 Å². The molecule has 4 heterocycles. The minimum absolute atomic E-state index is 0.101. The maximum absolute atomic E-state index is 12.8. The number of hydrogen-bond acceptors (Lipinski definition) is 5. The quantitative estimate of drug-likeness (QED) is 0.694. The lowest BCUT2D eigenvalue weighted by Crippen LogP contribution is -2.38. The Balaban J connectivity index is 1.47. The molecule has 1 amide bonds. The molecule has 3 aromatic heterocycles. The van der Waals surface area contributed by atoms with Crippen LogP contribution in [0.2, 0.25) is 0 Å². The van der Waals surface area contributed by atoms with E-state index in [0.717, 1.165) is 16.8 Å². The Hall–Kier alpha value is -2.51. The summed E-state index contributed by atoms with van der Waals surface area (Å²) in [6, 6.07) is 7.85. The number of rotatable bonds is 5. The second kappa shape index (κ2) is 7.80. The van der Waals surface area contributed by atoms with E-state index in [-0.39, 0.29) is 12.0 Å². The lowest BCUT2D eigenvalue weighted by molar-refractivity contribution is -0.133. The first-order valence-corrected chi connectivity index (χ1v) is 9.52. The van der Waals surface area contributed by atoms with E-state index in [1.54, 1.807) is 29.9 Å². The van der Waals surface area contributed by atoms with Crippen molar-refractivity contribution < 1.29 is 9.53 Å². The molecule has 0 aliphatic carbocycles. The fraction of sp³-hybridized carbons (Fsp3) is 0.316. The first-order valence-electron chi connectivity index (χ1n) is 8.58. The van der Waals surface area contributed by atoms with Crippen molar-refractivity contribution in [2.75, 3.05) is 6.54 Å². The van der Waals surface area contributed by atoms with Gasteiger partial charge in [0.1, 0.15) is 0 Å². The molecule has 0 spiro atoms. The summed E-state index contributed by atoms with van der Waals surface area (Å²) in [6.45, 7) is 2.28. The summed E-state index contributed by atoms with van der Waals surface area (Å²) < 4.78 is 8.05. The van der Waals surface area contributed by atoms with Gasteiger partial charge in [-0.2, -0.15) is 16.4 Å². The zero-order chi connectivity index (χ0) is 17.8. The smallest absolute Gasteiger partial charge is 0.227 e. The van der Waals surface area contributed by atoms with Gasteiger partial charge in [0.2, 0.25) is 5.91 Å². The van der Waals surface area contributed by atoms with Gasteiger partial charge in [-0.15, -0.1) is 0 Å². The van der Waals surface area contributed by atoms with Crippen LogP contribution >= 0.6 is 11.3 Å². The Kier molecular flexibility index (Phi) is 5.08. The summed E-state index contributed by atoms with van der Waals surface area (Å²) in [7, 11) is 0. The molecule has 0 saturated heterocycles. The summed E-state index contributed by atoms with van der Waals surface area (Å²) in [5, 5.41) is 8.41. The summed E-state index contributed by atoms with van der Waals surface area (Å²) in [4.78, 5) is 18.7. The van der Waals surface area contributed by atoms with Crippen LogP contribution in [0, 0.1) is 0 Å². The van der Waals surface area contributed by atoms with Crippen molar-refractivity contribution in [1.29, 1.82) is 0 Å². The standard InChI is InChI=1S/C19H20N4O2S/c24-19(9-16-4-8-26-14-16)22-10-17-3-7-21-23(17)12-18(11-22)25-13-15-1-5-20-6-2-15/h1-8,14,18H,9-13H2/t18-/m0/s1. The van der Waals surface area contributed by atoms with E-state index in [9.17, 15) is 4.79 Å². The number of fused-ring (bicyclic) bond motifs is 1. The van der Waals surface area contributed by atoms with Crippen LogP contribution in [0.1, 0.15) is 16.8 Å². The molecular weight excluding hydrogens is 348 g/mol. The van der Waals surface area contributed by atoms with Gasteiger partial charge in [0.25, 0.3) is 0 Å². The fourth-order valence-corrected chi connectivity index (χ4v) is 3.75. The lowest BCUT2D eigenvalue weighted by atomic mass is 10.2. The van der Waals surface area contributed by atoms with Crippen LogP contribution in [0.25, 0.3) is 0 Å². The molecule has 26 heavy (non-hydrogen) atoms. The van der Waals surface area contributed by atoms with Gasteiger partial charge in [-0.1, -0.05) is 0 Å². The van der Waals surface area contributed by atoms with Gasteiger partial charge in [-0.3, -0.25) is 14.5 Å². The van der Waals surface area contributed by atoms with Crippen LogP contribution in [-0.4, -0.2) is 38.2 Å². The van der Waals surface area contributed by atoms with Crippen molar-refractivity contribution in [3.8, 4) is 0 Å². The predicted octanol–water partition coefficient (Wildman–Crippen LogP) is 2.51. The summed E-state index contributed by atoms with van der Waals surface area (Å²) in [5.41, 5.74) is 3.17. The highest BCUT2D eigenvalue weighted by atomic mass is 32.1. The maximum Gasteiger partial charge on any atom is 0.227 e. The normalized spacial score (nSPS) is 16.9. The highest BCUT2D eigenvalue weighted by molar-refractivity contribution is 7.08. The molecule has 0 unspecified atom stereocenters. The van der Waals surface area contributed by atoms with E-state index in [0.29, 0.717) is 32.7 Å². The Morgan fingerprint density at radius 1 is 1.15 bits per heavy atom. The van der Waals surface area contributed by atoms with E-state index in [1.165, 1.54) is 0 Å². The van der Waals surface area contributed by atoms with Crippen LogP contribution in [0.4, 0.5) is 0 Å². The van der Waals surface area contributed by atoms with Gasteiger partial charge >= 0.3 is 0 Å². The molecule has 134 valence electrons. The lowest BCUT2D eigenvalue weighted by Gasteiger charge is -2.24. The number of thiophene rings is 1. The van der Waals surface area contributed by atoms with E-state index >= 15 is 0 Å². The number of carbonyl (C=O) groups excluding carboxylic acids is 1. The van der Waals surface area contributed by atoms with Gasteiger partial charge in [-0.25, -0.2) is 0 Å². The van der Waals surface area contributed by atoms with Crippen molar-refractivity contribution >= 4 is 17.2 Å². The summed E-state index contributed by atoms with van der Waals surface area (Å²) in [6.07, 6.45) is 5.62. The summed E-state index contributed by atoms with van der Waals surface area (Å²) in [5.74, 6) is 0.121. The molecule has 3 aromatic rings. The van der Waals surface area contributed by atoms with Crippen molar-refractivity contribution in [2.24, 2.45) is 0 Å². The first kappa shape index (κ1) is 16.9. The Morgan fingerprint density at radius 2 is 2.04 bits per heavy atom. The molecule has 0 N–H and O–H groups in total. The topological polar surface area (TPSA) is 60.2 Å². The average molecular weight is 368 g/mol. The number of hydrogen-bond donors (Lipinski definition) is 0. The number of ether oxygens (including phenoxy) is 1. The molecule has 0 radical (unpaired) electrons. The zero-order valence-corrected chi connectivity index (χ0v) is 15.1. The van der Waals surface area contributed by atoms with E-state index in [2.05, 4.69) is 10.1 Å². The van der Waals surface area contributed by atoms with Crippen molar-refractivity contribution in [3.05, 3.63) is 70.4 Å². The van der Waals surface area contributed by atoms with Gasteiger partial charge in [0, 0.05) is 25.1 Å². The molecule has 7 heteroatoms. The SMILES string of the molecule is O=C(Cc1ccsc1)N1Cc2ccnn2C[C@@H](OCc2ccncc2)C1. The van der Waals surface area contributed by atoms with Gasteiger partial charge < -0.3 is 9.64 Å². The molecule has 1 atom stereocenters. The van der Waals surface area contributed by atoms with Gasteiger partial charge in [0.05, 0.1) is 37.9 Å². The average Bonchev–Trinajstić information content (AvgIpc) is 3.29. The minimum atomic E-state index is -0.101. The van der Waals surface area contributed by atoms with Crippen molar-refractivity contribution in [2.45, 2.75) is 32.2 Å². The van der Waals surface area contributed by atoms with Gasteiger partial charge in [0.15, 0.2) is 0 Å². The minimum Gasteiger partial charge on any atom is -0.370 e. The van der Waals surface area contributed by atoms with Crippen molar-refractivity contribution in [1.82, 2.24) is 19.7 Å². The molecule has 0 fully saturated rings. The van der Waals surface area contributed by atoms with E-state index in [1.807, 2.05) is 44.6 Å². The molecule has 1 aliphatic heterocycles. The monoisotopic (exact) mass is 368 g/mol. The zero-order valence-electron chi connectivity index (χ0n) is 14.3. The number of amides is 1. The molecule has 4 rings (SSSR count). The fourth-order valence-electron chi connectivity index (χ4n) is 3.08. The van der Waals surface area contributed by atoms with Gasteiger partial charge in [-0.05, 0) is 46.2 Å².